The van der Waals surface area contributed by atoms with Crippen LogP contribution in [0.4, 0.5) is 5.69 Å². The van der Waals surface area contributed by atoms with Gasteiger partial charge in [-0.05, 0) is 43.4 Å². The minimum Gasteiger partial charge on any atom is -0.409 e. The van der Waals surface area contributed by atoms with Crippen molar-refractivity contribution in [1.82, 2.24) is 0 Å². The minimum atomic E-state index is 0.184. The number of aryl methyl sites for hydroxylation is 1. The van der Waals surface area contributed by atoms with E-state index in [1.807, 2.05) is 12.1 Å². The maximum absolute atomic E-state index is 8.87. The number of benzene rings is 1. The molecule has 2 rings (SSSR count). The molecule has 0 unspecified atom stereocenters. The average Bonchev–Trinajstić information content (AvgIpc) is 2.38. The van der Waals surface area contributed by atoms with Crippen molar-refractivity contribution >= 4 is 11.5 Å². The van der Waals surface area contributed by atoms with Crippen LogP contribution in [0.25, 0.3) is 0 Å². The normalized spacial score (nSPS) is 18.1. The lowest BCUT2D eigenvalue weighted by molar-refractivity contribution is 0.318. The molecule has 1 saturated heterocycles. The fraction of sp³-hybridized carbons (Fsp3) is 0.500. The topological polar surface area (TPSA) is 61.9 Å². The summed E-state index contributed by atoms with van der Waals surface area (Å²) in [6.07, 6.45) is 2.40. The lowest BCUT2D eigenvalue weighted by Crippen LogP contribution is -2.34. The molecule has 3 N–H and O–H groups in total. The Labute approximate surface area is 108 Å². The molecule has 0 aromatic heterocycles. The molecule has 18 heavy (non-hydrogen) atoms. The highest BCUT2D eigenvalue weighted by Gasteiger charge is 2.19. The van der Waals surface area contributed by atoms with E-state index in [0.29, 0.717) is 0 Å². The molecule has 0 bridgehead atoms. The summed E-state index contributed by atoms with van der Waals surface area (Å²) in [5, 5.41) is 12.0. The van der Waals surface area contributed by atoms with E-state index in [-0.39, 0.29) is 5.84 Å². The van der Waals surface area contributed by atoms with Crippen molar-refractivity contribution in [3.05, 3.63) is 29.3 Å². The number of nitrogens with two attached hydrogens (primary N) is 1. The first-order valence-electron chi connectivity index (χ1n) is 6.45. The molecule has 1 aliphatic heterocycles. The number of rotatable bonds is 2. The van der Waals surface area contributed by atoms with E-state index in [2.05, 4.69) is 30.0 Å². The Kier molecular flexibility index (Phi) is 3.75. The molecule has 0 spiro atoms. The zero-order chi connectivity index (χ0) is 13.1. The molecule has 1 aromatic rings. The number of amidine groups is 1. The van der Waals surface area contributed by atoms with Crippen molar-refractivity contribution in [2.75, 3.05) is 18.0 Å². The second-order valence-electron chi connectivity index (χ2n) is 5.18. The molecule has 0 amide bonds. The monoisotopic (exact) mass is 247 g/mol. The van der Waals surface area contributed by atoms with Crippen molar-refractivity contribution in [3.8, 4) is 0 Å². The van der Waals surface area contributed by atoms with Crippen molar-refractivity contribution in [2.45, 2.75) is 26.7 Å². The fourth-order valence-corrected chi connectivity index (χ4v) is 2.42. The maximum atomic E-state index is 8.87. The van der Waals surface area contributed by atoms with Crippen molar-refractivity contribution < 1.29 is 5.21 Å². The molecule has 1 heterocycles. The van der Waals surface area contributed by atoms with Crippen LogP contribution in [0.2, 0.25) is 0 Å². The fourth-order valence-electron chi connectivity index (χ4n) is 2.42. The summed E-state index contributed by atoms with van der Waals surface area (Å²) in [6, 6.07) is 6.03. The molecule has 1 aromatic carbocycles. The third-order valence-corrected chi connectivity index (χ3v) is 3.66. The first-order chi connectivity index (χ1) is 8.61. The summed E-state index contributed by atoms with van der Waals surface area (Å²) in [5.74, 6) is 0.974. The third-order valence-electron chi connectivity index (χ3n) is 3.66. The summed E-state index contributed by atoms with van der Waals surface area (Å²) in [5.41, 5.74) is 8.84. The van der Waals surface area contributed by atoms with E-state index < -0.39 is 0 Å². The Balaban J connectivity index is 2.33. The minimum absolute atomic E-state index is 0.184. The molecule has 0 aliphatic carbocycles. The van der Waals surface area contributed by atoms with Gasteiger partial charge < -0.3 is 15.8 Å². The van der Waals surface area contributed by atoms with E-state index >= 15 is 0 Å². The van der Waals surface area contributed by atoms with Gasteiger partial charge in [-0.1, -0.05) is 18.1 Å². The van der Waals surface area contributed by atoms with Gasteiger partial charge in [0.1, 0.15) is 0 Å². The molecule has 0 atom stereocenters. The van der Waals surface area contributed by atoms with E-state index in [9.17, 15) is 0 Å². The summed E-state index contributed by atoms with van der Waals surface area (Å²) < 4.78 is 0. The molecule has 0 radical (unpaired) electrons. The summed E-state index contributed by atoms with van der Waals surface area (Å²) in [6.45, 7) is 6.43. The Morgan fingerprint density at radius 2 is 2.06 bits per heavy atom. The number of piperidine rings is 1. The first kappa shape index (κ1) is 12.7. The first-order valence-corrected chi connectivity index (χ1v) is 6.45. The number of hydrogen-bond donors (Lipinski definition) is 2. The summed E-state index contributed by atoms with van der Waals surface area (Å²) in [7, 11) is 0. The predicted molar refractivity (Wildman–Crippen MR) is 74.3 cm³/mol. The summed E-state index contributed by atoms with van der Waals surface area (Å²) >= 11 is 0. The second-order valence-corrected chi connectivity index (χ2v) is 5.18. The number of anilines is 1. The molecule has 0 saturated carbocycles. The van der Waals surface area contributed by atoms with Crippen molar-refractivity contribution in [3.63, 3.8) is 0 Å². The smallest absolute Gasteiger partial charge is 0.172 e. The lowest BCUT2D eigenvalue weighted by Gasteiger charge is -2.33. The predicted octanol–water partition coefficient (Wildman–Crippen LogP) is 2.33. The van der Waals surface area contributed by atoms with E-state index in [4.69, 9.17) is 10.9 Å². The average molecular weight is 247 g/mol. The zero-order valence-corrected chi connectivity index (χ0v) is 11.1. The molecule has 1 fully saturated rings. The van der Waals surface area contributed by atoms with Crippen molar-refractivity contribution in [2.24, 2.45) is 16.8 Å². The number of oxime groups is 1. The van der Waals surface area contributed by atoms with Crippen LogP contribution in [-0.2, 0) is 0 Å². The van der Waals surface area contributed by atoms with Crippen LogP contribution in [-0.4, -0.2) is 24.1 Å². The third kappa shape index (κ3) is 2.58. The van der Waals surface area contributed by atoms with Crippen LogP contribution in [0.15, 0.2) is 23.4 Å². The molecular weight excluding hydrogens is 226 g/mol. The summed E-state index contributed by atoms with van der Waals surface area (Å²) in [4.78, 5) is 2.33. The van der Waals surface area contributed by atoms with Gasteiger partial charge in [-0.3, -0.25) is 0 Å². The Hall–Kier alpha value is -1.71. The van der Waals surface area contributed by atoms with Crippen LogP contribution in [0.5, 0.6) is 0 Å². The van der Waals surface area contributed by atoms with Gasteiger partial charge >= 0.3 is 0 Å². The van der Waals surface area contributed by atoms with Gasteiger partial charge in [0, 0.05) is 24.3 Å². The van der Waals surface area contributed by atoms with Crippen LogP contribution in [0, 0.1) is 12.8 Å². The second kappa shape index (κ2) is 5.29. The lowest BCUT2D eigenvalue weighted by atomic mass is 9.97. The van der Waals surface area contributed by atoms with Gasteiger partial charge in [0.2, 0.25) is 0 Å². The SMILES string of the molecule is Cc1ccc(C(N)=NO)c(N2CCC(C)CC2)c1. The number of nitrogens with zero attached hydrogens (tertiary/aromatic N) is 2. The van der Waals surface area contributed by atoms with Gasteiger partial charge in [0.25, 0.3) is 0 Å². The molecule has 4 heteroatoms. The van der Waals surface area contributed by atoms with Crippen LogP contribution in [0.3, 0.4) is 0 Å². The Bertz CT molecular complexity index is 448. The highest BCUT2D eigenvalue weighted by atomic mass is 16.4. The maximum Gasteiger partial charge on any atom is 0.172 e. The molecule has 4 nitrogen and oxygen atoms in total. The standard InChI is InChI=1S/C14H21N3O/c1-10-5-7-17(8-6-10)13-9-11(2)3-4-12(13)14(15)16-18/h3-4,9-10,18H,5-8H2,1-2H3,(H2,15,16). The highest BCUT2D eigenvalue weighted by Crippen LogP contribution is 2.27. The highest BCUT2D eigenvalue weighted by molar-refractivity contribution is 6.02. The van der Waals surface area contributed by atoms with Gasteiger partial charge in [-0.25, -0.2) is 0 Å². The Morgan fingerprint density at radius 1 is 1.39 bits per heavy atom. The van der Waals surface area contributed by atoms with E-state index in [1.54, 1.807) is 0 Å². The Morgan fingerprint density at radius 3 is 2.67 bits per heavy atom. The molecule has 1 aliphatic rings. The van der Waals surface area contributed by atoms with Gasteiger partial charge in [0.05, 0.1) is 0 Å². The van der Waals surface area contributed by atoms with Gasteiger partial charge in [-0.15, -0.1) is 0 Å². The number of hydrogen-bond acceptors (Lipinski definition) is 3. The van der Waals surface area contributed by atoms with Crippen molar-refractivity contribution in [1.29, 1.82) is 0 Å². The van der Waals surface area contributed by atoms with E-state index in [0.717, 1.165) is 30.3 Å². The van der Waals surface area contributed by atoms with E-state index in [1.165, 1.54) is 18.4 Å². The quantitative estimate of drug-likeness (QED) is 0.365. The molecule has 98 valence electrons. The van der Waals surface area contributed by atoms with Gasteiger partial charge in [-0.2, -0.15) is 0 Å². The van der Waals surface area contributed by atoms with Crippen LogP contribution < -0.4 is 10.6 Å². The zero-order valence-electron chi connectivity index (χ0n) is 11.1. The van der Waals surface area contributed by atoms with Crippen LogP contribution in [0.1, 0.15) is 30.9 Å². The van der Waals surface area contributed by atoms with Gasteiger partial charge in [0.15, 0.2) is 5.84 Å². The van der Waals surface area contributed by atoms with Crippen LogP contribution >= 0.6 is 0 Å². The molecular formula is C14H21N3O. The largest absolute Gasteiger partial charge is 0.409 e.